The van der Waals surface area contributed by atoms with Gasteiger partial charge in [0.1, 0.15) is 0 Å². The van der Waals surface area contributed by atoms with E-state index in [1.54, 1.807) is 0 Å². The lowest BCUT2D eigenvalue weighted by atomic mass is 9.96. The SMILES string of the molecule is Brc1cccc2c1c1ccccc1n2-c1cccc(-c2cc(-c3ccccn3)cc(-c3ccccn3)c2)c1. The summed E-state index contributed by atoms with van der Waals surface area (Å²) in [6.07, 6.45) is 3.67. The molecule has 0 bridgehead atoms. The van der Waals surface area contributed by atoms with Crippen LogP contribution in [0.4, 0.5) is 0 Å². The lowest BCUT2D eigenvalue weighted by molar-refractivity contribution is 1.18. The fourth-order valence-electron chi connectivity index (χ4n) is 5.24. The van der Waals surface area contributed by atoms with Gasteiger partial charge in [0.15, 0.2) is 0 Å². The number of hydrogen-bond acceptors (Lipinski definition) is 2. The fraction of sp³-hybridized carbons (Fsp3) is 0. The number of pyridine rings is 2. The third kappa shape index (κ3) is 3.90. The van der Waals surface area contributed by atoms with E-state index >= 15 is 0 Å². The molecule has 4 heteroatoms. The molecular weight excluding hydrogens is 530 g/mol. The van der Waals surface area contributed by atoms with Gasteiger partial charge in [0.25, 0.3) is 0 Å². The molecule has 4 aromatic carbocycles. The van der Waals surface area contributed by atoms with Gasteiger partial charge in [-0.15, -0.1) is 0 Å². The first-order chi connectivity index (χ1) is 18.8. The van der Waals surface area contributed by atoms with Crippen LogP contribution in [0.1, 0.15) is 0 Å². The van der Waals surface area contributed by atoms with E-state index in [9.17, 15) is 0 Å². The maximum absolute atomic E-state index is 4.62. The van der Waals surface area contributed by atoms with E-state index < -0.39 is 0 Å². The summed E-state index contributed by atoms with van der Waals surface area (Å²) in [6, 6.07) is 42.4. The summed E-state index contributed by atoms with van der Waals surface area (Å²) < 4.78 is 3.45. The Morgan fingerprint density at radius 1 is 0.500 bits per heavy atom. The number of fused-ring (bicyclic) bond motifs is 3. The number of rotatable bonds is 4. The molecule has 0 saturated heterocycles. The highest BCUT2D eigenvalue weighted by atomic mass is 79.9. The minimum atomic E-state index is 0.940. The summed E-state index contributed by atoms with van der Waals surface area (Å²) in [7, 11) is 0. The van der Waals surface area contributed by atoms with Crippen LogP contribution in [-0.4, -0.2) is 14.5 Å². The van der Waals surface area contributed by atoms with Crippen LogP contribution in [0.15, 0.2) is 138 Å². The maximum atomic E-state index is 4.62. The van der Waals surface area contributed by atoms with Crippen LogP contribution in [0.5, 0.6) is 0 Å². The van der Waals surface area contributed by atoms with E-state index in [1.807, 2.05) is 48.8 Å². The minimum absolute atomic E-state index is 0.940. The largest absolute Gasteiger partial charge is 0.309 e. The fourth-order valence-corrected chi connectivity index (χ4v) is 5.80. The second-order valence-electron chi connectivity index (χ2n) is 9.27. The summed E-state index contributed by atoms with van der Waals surface area (Å²) >= 11 is 3.79. The summed E-state index contributed by atoms with van der Waals surface area (Å²) in [5, 5.41) is 2.46. The van der Waals surface area contributed by atoms with E-state index in [0.29, 0.717) is 0 Å². The van der Waals surface area contributed by atoms with Crippen LogP contribution < -0.4 is 0 Å². The zero-order valence-electron chi connectivity index (χ0n) is 20.4. The molecule has 0 unspecified atom stereocenters. The van der Waals surface area contributed by atoms with Crippen molar-refractivity contribution >= 4 is 37.7 Å². The Bertz CT molecular complexity index is 1870. The van der Waals surface area contributed by atoms with Gasteiger partial charge in [-0.3, -0.25) is 9.97 Å². The zero-order valence-corrected chi connectivity index (χ0v) is 22.0. The topological polar surface area (TPSA) is 30.7 Å². The zero-order chi connectivity index (χ0) is 25.5. The Balaban J connectivity index is 1.44. The quantitative estimate of drug-likeness (QED) is 0.218. The normalized spacial score (nSPS) is 11.3. The summed E-state index contributed by atoms with van der Waals surface area (Å²) in [4.78, 5) is 9.25. The smallest absolute Gasteiger partial charge is 0.0702 e. The second kappa shape index (κ2) is 9.40. The molecule has 7 rings (SSSR count). The molecule has 0 radical (unpaired) electrons. The molecule has 180 valence electrons. The molecule has 3 nitrogen and oxygen atoms in total. The van der Waals surface area contributed by atoms with Crippen LogP contribution in [0.3, 0.4) is 0 Å². The molecule has 38 heavy (non-hydrogen) atoms. The predicted molar refractivity (Wildman–Crippen MR) is 160 cm³/mol. The van der Waals surface area contributed by atoms with E-state index in [-0.39, 0.29) is 0 Å². The Labute approximate surface area is 229 Å². The van der Waals surface area contributed by atoms with Crippen molar-refractivity contribution in [2.45, 2.75) is 0 Å². The highest BCUT2D eigenvalue weighted by molar-refractivity contribution is 9.10. The van der Waals surface area contributed by atoms with Crippen molar-refractivity contribution in [3.8, 4) is 39.3 Å². The Morgan fingerprint density at radius 2 is 1.13 bits per heavy atom. The number of aromatic nitrogens is 3. The molecule has 0 aliphatic rings. The predicted octanol–water partition coefficient (Wildman–Crippen LogP) is 9.34. The number of benzene rings is 4. The molecule has 0 amide bonds. The van der Waals surface area contributed by atoms with Gasteiger partial charge in [0.2, 0.25) is 0 Å². The van der Waals surface area contributed by atoms with Crippen molar-refractivity contribution in [1.82, 2.24) is 14.5 Å². The first-order valence-corrected chi connectivity index (χ1v) is 13.3. The lowest BCUT2D eigenvalue weighted by Gasteiger charge is -2.13. The Kier molecular flexibility index (Phi) is 5.60. The lowest BCUT2D eigenvalue weighted by Crippen LogP contribution is -1.95. The number of halogens is 1. The molecular formula is C34H22BrN3. The Morgan fingerprint density at radius 3 is 1.84 bits per heavy atom. The van der Waals surface area contributed by atoms with Crippen molar-refractivity contribution in [3.63, 3.8) is 0 Å². The van der Waals surface area contributed by atoms with Crippen molar-refractivity contribution in [2.75, 3.05) is 0 Å². The third-order valence-electron chi connectivity index (χ3n) is 6.94. The maximum Gasteiger partial charge on any atom is 0.0702 e. The molecule has 3 heterocycles. The van der Waals surface area contributed by atoms with Gasteiger partial charge in [0.05, 0.1) is 22.4 Å². The molecule has 0 aliphatic carbocycles. The molecule has 0 aliphatic heterocycles. The molecule has 0 atom stereocenters. The van der Waals surface area contributed by atoms with E-state index in [2.05, 4.69) is 115 Å². The van der Waals surface area contributed by atoms with E-state index in [0.717, 1.165) is 43.8 Å². The monoisotopic (exact) mass is 551 g/mol. The van der Waals surface area contributed by atoms with Crippen LogP contribution in [0, 0.1) is 0 Å². The van der Waals surface area contributed by atoms with Gasteiger partial charge < -0.3 is 4.57 Å². The molecule has 3 aromatic heterocycles. The van der Waals surface area contributed by atoms with Crippen LogP contribution >= 0.6 is 15.9 Å². The first kappa shape index (κ1) is 22.6. The molecule has 0 fully saturated rings. The number of para-hydroxylation sites is 1. The van der Waals surface area contributed by atoms with Crippen molar-refractivity contribution in [3.05, 3.63) is 138 Å². The van der Waals surface area contributed by atoms with E-state index in [1.165, 1.54) is 21.8 Å². The average Bonchev–Trinajstić information content (AvgIpc) is 3.33. The van der Waals surface area contributed by atoms with Crippen LogP contribution in [0.2, 0.25) is 0 Å². The molecule has 0 N–H and O–H groups in total. The van der Waals surface area contributed by atoms with Crippen molar-refractivity contribution < 1.29 is 0 Å². The first-order valence-electron chi connectivity index (χ1n) is 12.5. The second-order valence-corrected chi connectivity index (χ2v) is 10.1. The highest BCUT2D eigenvalue weighted by Gasteiger charge is 2.15. The van der Waals surface area contributed by atoms with E-state index in [4.69, 9.17) is 0 Å². The Hall–Kier alpha value is -4.54. The van der Waals surface area contributed by atoms with Gasteiger partial charge >= 0.3 is 0 Å². The third-order valence-corrected chi connectivity index (χ3v) is 7.60. The summed E-state index contributed by atoms with van der Waals surface area (Å²) in [5.41, 5.74) is 9.75. The molecule has 0 spiro atoms. The molecule has 7 aromatic rings. The van der Waals surface area contributed by atoms with Gasteiger partial charge in [-0.1, -0.05) is 64.5 Å². The van der Waals surface area contributed by atoms with Gasteiger partial charge in [-0.25, -0.2) is 0 Å². The van der Waals surface area contributed by atoms with Gasteiger partial charge in [-0.05, 0) is 83.9 Å². The number of nitrogens with zero attached hydrogens (tertiary/aromatic N) is 3. The molecule has 0 saturated carbocycles. The van der Waals surface area contributed by atoms with Gasteiger partial charge in [-0.2, -0.15) is 0 Å². The summed E-state index contributed by atoms with van der Waals surface area (Å²) in [6.45, 7) is 0. The minimum Gasteiger partial charge on any atom is -0.309 e. The van der Waals surface area contributed by atoms with Crippen LogP contribution in [-0.2, 0) is 0 Å². The number of hydrogen-bond donors (Lipinski definition) is 0. The van der Waals surface area contributed by atoms with Crippen molar-refractivity contribution in [1.29, 1.82) is 0 Å². The van der Waals surface area contributed by atoms with Gasteiger partial charge in [0, 0.05) is 44.5 Å². The highest BCUT2D eigenvalue weighted by Crippen LogP contribution is 2.38. The summed E-state index contributed by atoms with van der Waals surface area (Å²) in [5.74, 6) is 0. The standard InChI is InChI=1S/C34H22BrN3/c35-29-12-8-16-33-34(29)28-11-1-2-15-32(28)38(33)27-10-7-9-23(22-27)24-19-25(30-13-3-5-17-36-30)21-26(20-24)31-14-4-6-18-37-31/h1-22H. The average molecular weight is 552 g/mol. The van der Waals surface area contributed by atoms with Crippen molar-refractivity contribution in [2.24, 2.45) is 0 Å². The van der Waals surface area contributed by atoms with Crippen LogP contribution in [0.25, 0.3) is 61.1 Å².